The summed E-state index contributed by atoms with van der Waals surface area (Å²) in [6.07, 6.45) is -1.28. The molecule has 152 valence electrons. The van der Waals surface area contributed by atoms with E-state index in [9.17, 15) is 13.2 Å². The van der Waals surface area contributed by atoms with Gasteiger partial charge in [0, 0.05) is 6.04 Å². The van der Waals surface area contributed by atoms with Gasteiger partial charge in [0.2, 0.25) is 5.82 Å². The van der Waals surface area contributed by atoms with Crippen molar-refractivity contribution in [3.05, 3.63) is 72.3 Å². The van der Waals surface area contributed by atoms with Gasteiger partial charge in [0.25, 0.3) is 0 Å². The van der Waals surface area contributed by atoms with Crippen LogP contribution in [0.4, 0.5) is 19.0 Å². The summed E-state index contributed by atoms with van der Waals surface area (Å²) < 4.78 is 41.9. The molecule has 30 heavy (non-hydrogen) atoms. The van der Waals surface area contributed by atoms with Crippen molar-refractivity contribution < 1.29 is 13.2 Å². The lowest BCUT2D eigenvalue weighted by molar-refractivity contribution is -0.144. The van der Waals surface area contributed by atoms with Crippen LogP contribution in [0.5, 0.6) is 0 Å². The van der Waals surface area contributed by atoms with E-state index in [0.29, 0.717) is 12.1 Å². The number of hydrogen-bond acceptors (Lipinski definition) is 4. The number of fused-ring (bicyclic) bond motifs is 1. The van der Waals surface area contributed by atoms with Gasteiger partial charge in [0.15, 0.2) is 11.5 Å². The Balaban J connectivity index is 1.59. The van der Waals surface area contributed by atoms with Gasteiger partial charge in [0.05, 0.1) is 12.9 Å². The standard InChI is InChI=1S/C22H18F3N5/c23-22(24,25)21-28-19(27-16-10-11-16)18-20(29-21)30(13-26-18)12-15-8-4-5-9-17(15)14-6-2-1-3-7-14/h1-9,13,16H,10-12H2,(H,27,28,29). The molecule has 1 fully saturated rings. The largest absolute Gasteiger partial charge is 0.451 e. The van der Waals surface area contributed by atoms with Crippen LogP contribution in [0.15, 0.2) is 60.9 Å². The van der Waals surface area contributed by atoms with E-state index >= 15 is 0 Å². The molecule has 2 aromatic carbocycles. The van der Waals surface area contributed by atoms with Crippen LogP contribution >= 0.6 is 0 Å². The Bertz CT molecular complexity index is 1200. The number of benzene rings is 2. The molecule has 8 heteroatoms. The minimum Gasteiger partial charge on any atom is -0.365 e. The van der Waals surface area contributed by atoms with Gasteiger partial charge in [-0.25, -0.2) is 15.0 Å². The molecule has 0 amide bonds. The van der Waals surface area contributed by atoms with Gasteiger partial charge in [-0.05, 0) is 29.5 Å². The molecule has 1 N–H and O–H groups in total. The second-order valence-electron chi connectivity index (χ2n) is 7.38. The predicted molar refractivity (Wildman–Crippen MR) is 108 cm³/mol. The zero-order chi connectivity index (χ0) is 20.7. The van der Waals surface area contributed by atoms with E-state index in [-0.39, 0.29) is 17.5 Å². The van der Waals surface area contributed by atoms with E-state index in [1.54, 1.807) is 4.57 Å². The van der Waals surface area contributed by atoms with Crippen molar-refractivity contribution in [2.45, 2.75) is 31.6 Å². The number of anilines is 1. The average molecular weight is 409 g/mol. The summed E-state index contributed by atoms with van der Waals surface area (Å²) in [7, 11) is 0. The number of nitrogens with zero attached hydrogens (tertiary/aromatic N) is 4. The molecule has 0 radical (unpaired) electrons. The molecule has 1 aliphatic carbocycles. The summed E-state index contributed by atoms with van der Waals surface area (Å²) in [6, 6.07) is 17.8. The number of aromatic nitrogens is 4. The Morgan fingerprint density at radius 1 is 0.967 bits per heavy atom. The van der Waals surface area contributed by atoms with E-state index < -0.39 is 12.0 Å². The van der Waals surface area contributed by atoms with Gasteiger partial charge in [-0.2, -0.15) is 13.2 Å². The highest BCUT2D eigenvalue weighted by molar-refractivity contribution is 5.83. The SMILES string of the molecule is FC(F)(F)c1nc(NC2CC2)c2ncn(Cc3ccccc3-c3ccccc3)c2n1. The van der Waals surface area contributed by atoms with Gasteiger partial charge in [-0.1, -0.05) is 54.6 Å². The van der Waals surface area contributed by atoms with Crippen LogP contribution in [0.1, 0.15) is 24.2 Å². The predicted octanol–water partition coefficient (Wildman–Crippen LogP) is 5.13. The normalized spacial score (nSPS) is 14.2. The number of hydrogen-bond donors (Lipinski definition) is 1. The summed E-state index contributed by atoms with van der Waals surface area (Å²) in [6.45, 7) is 0.346. The smallest absolute Gasteiger partial charge is 0.365 e. The fourth-order valence-corrected chi connectivity index (χ4v) is 3.45. The quantitative estimate of drug-likeness (QED) is 0.496. The molecule has 4 aromatic rings. The van der Waals surface area contributed by atoms with Crippen LogP contribution in [0, 0.1) is 0 Å². The molecule has 0 bridgehead atoms. The number of halogens is 3. The average Bonchev–Trinajstić information content (AvgIpc) is 3.47. The molecule has 5 rings (SSSR count). The molecular weight excluding hydrogens is 391 g/mol. The molecule has 0 spiro atoms. The van der Waals surface area contributed by atoms with Crippen LogP contribution in [-0.2, 0) is 12.7 Å². The zero-order valence-corrected chi connectivity index (χ0v) is 15.9. The van der Waals surface area contributed by atoms with Gasteiger partial charge < -0.3 is 9.88 Å². The third-order valence-corrected chi connectivity index (χ3v) is 5.08. The maximum atomic E-state index is 13.4. The van der Waals surface area contributed by atoms with Crippen LogP contribution in [0.2, 0.25) is 0 Å². The van der Waals surface area contributed by atoms with Gasteiger partial charge in [0.1, 0.15) is 5.52 Å². The topological polar surface area (TPSA) is 55.6 Å². The highest BCUT2D eigenvalue weighted by Crippen LogP contribution is 2.33. The Hall–Kier alpha value is -3.42. The highest BCUT2D eigenvalue weighted by Gasteiger charge is 2.37. The Labute approximate surface area is 170 Å². The van der Waals surface area contributed by atoms with Gasteiger partial charge in [-0.15, -0.1) is 0 Å². The fraction of sp³-hybridized carbons (Fsp3) is 0.227. The van der Waals surface area contributed by atoms with Crippen molar-refractivity contribution in [2.24, 2.45) is 0 Å². The Morgan fingerprint density at radius 2 is 1.70 bits per heavy atom. The molecular formula is C22H18F3N5. The summed E-state index contributed by atoms with van der Waals surface area (Å²) in [5.74, 6) is -1.01. The second kappa shape index (κ2) is 7.12. The zero-order valence-electron chi connectivity index (χ0n) is 15.9. The van der Waals surface area contributed by atoms with Crippen LogP contribution in [-0.4, -0.2) is 25.6 Å². The summed E-state index contributed by atoms with van der Waals surface area (Å²) in [5.41, 5.74) is 3.54. The molecule has 2 heterocycles. The molecule has 5 nitrogen and oxygen atoms in total. The molecule has 0 atom stereocenters. The third-order valence-electron chi connectivity index (χ3n) is 5.08. The highest BCUT2D eigenvalue weighted by atomic mass is 19.4. The molecule has 0 saturated heterocycles. The maximum absolute atomic E-state index is 13.4. The number of imidazole rings is 1. The maximum Gasteiger partial charge on any atom is 0.451 e. The van der Waals surface area contributed by atoms with Crippen molar-refractivity contribution in [1.29, 1.82) is 0 Å². The van der Waals surface area contributed by atoms with Crippen molar-refractivity contribution >= 4 is 17.0 Å². The van der Waals surface area contributed by atoms with Crippen molar-refractivity contribution in [1.82, 2.24) is 19.5 Å². The summed E-state index contributed by atoms with van der Waals surface area (Å²) in [5, 5.41) is 3.06. The molecule has 0 aliphatic heterocycles. The fourth-order valence-electron chi connectivity index (χ4n) is 3.45. The number of alkyl halides is 3. The van der Waals surface area contributed by atoms with Gasteiger partial charge >= 0.3 is 6.18 Å². The number of nitrogens with one attached hydrogen (secondary N) is 1. The molecule has 1 saturated carbocycles. The van der Waals surface area contributed by atoms with Crippen molar-refractivity contribution in [3.63, 3.8) is 0 Å². The summed E-state index contributed by atoms with van der Waals surface area (Å²) >= 11 is 0. The van der Waals surface area contributed by atoms with E-state index in [1.807, 2.05) is 54.6 Å². The molecule has 1 aliphatic rings. The second-order valence-corrected chi connectivity index (χ2v) is 7.38. The lowest BCUT2D eigenvalue weighted by Gasteiger charge is -2.13. The molecule has 0 unspecified atom stereocenters. The first-order chi connectivity index (χ1) is 14.5. The van der Waals surface area contributed by atoms with E-state index in [1.165, 1.54) is 6.33 Å². The van der Waals surface area contributed by atoms with Gasteiger partial charge in [-0.3, -0.25) is 0 Å². The minimum absolute atomic E-state index is 0.143. The Morgan fingerprint density at radius 3 is 2.43 bits per heavy atom. The number of rotatable bonds is 5. The lowest BCUT2D eigenvalue weighted by Crippen LogP contribution is -2.15. The van der Waals surface area contributed by atoms with Crippen LogP contribution < -0.4 is 5.32 Å². The van der Waals surface area contributed by atoms with Crippen LogP contribution in [0.25, 0.3) is 22.3 Å². The molecule has 2 aromatic heterocycles. The summed E-state index contributed by atoms with van der Waals surface area (Å²) in [4.78, 5) is 11.9. The van der Waals surface area contributed by atoms with Crippen LogP contribution in [0.3, 0.4) is 0 Å². The monoisotopic (exact) mass is 409 g/mol. The first kappa shape index (κ1) is 18.6. The van der Waals surface area contributed by atoms with Crippen molar-refractivity contribution in [3.8, 4) is 11.1 Å². The van der Waals surface area contributed by atoms with E-state index in [2.05, 4.69) is 20.3 Å². The van der Waals surface area contributed by atoms with E-state index in [4.69, 9.17) is 0 Å². The minimum atomic E-state index is -4.63. The lowest BCUT2D eigenvalue weighted by atomic mass is 10.00. The van der Waals surface area contributed by atoms with E-state index in [0.717, 1.165) is 29.5 Å². The first-order valence-corrected chi connectivity index (χ1v) is 9.69. The first-order valence-electron chi connectivity index (χ1n) is 9.69. The van der Waals surface area contributed by atoms with Crippen molar-refractivity contribution in [2.75, 3.05) is 5.32 Å². The Kier molecular flexibility index (Phi) is 4.42. The third kappa shape index (κ3) is 3.60.